The molecule has 34 heavy (non-hydrogen) atoms. The average molecular weight is 501 g/mol. The number of amides is 1. The van der Waals surface area contributed by atoms with E-state index in [0.717, 1.165) is 10.1 Å². The van der Waals surface area contributed by atoms with Gasteiger partial charge in [0.2, 0.25) is 0 Å². The number of nitrogens with zero attached hydrogens (tertiary/aromatic N) is 3. The maximum atomic E-state index is 13.2. The van der Waals surface area contributed by atoms with Crippen LogP contribution in [0, 0.1) is 0 Å². The lowest BCUT2D eigenvalue weighted by atomic mass is 10.1. The van der Waals surface area contributed by atoms with Crippen molar-refractivity contribution < 1.29 is 4.79 Å². The third-order valence-electron chi connectivity index (χ3n) is 5.46. The van der Waals surface area contributed by atoms with Gasteiger partial charge in [0.25, 0.3) is 11.5 Å². The van der Waals surface area contributed by atoms with Gasteiger partial charge >= 0.3 is 5.69 Å². The Labute approximate surface area is 204 Å². The van der Waals surface area contributed by atoms with E-state index in [-0.39, 0.29) is 17.8 Å². The number of carbonyl (C=O) groups excluding carboxylic acids is 1. The highest BCUT2D eigenvalue weighted by atomic mass is 35.5. The second-order valence-corrected chi connectivity index (χ2v) is 8.47. The molecular formula is C23H22Cl2N6O3. The number of benzene rings is 2. The molecule has 1 aliphatic heterocycles. The third-order valence-corrected chi connectivity index (χ3v) is 6.20. The van der Waals surface area contributed by atoms with Crippen LogP contribution in [-0.4, -0.2) is 33.8 Å². The van der Waals surface area contributed by atoms with Crippen molar-refractivity contribution in [3.8, 4) is 0 Å². The van der Waals surface area contributed by atoms with Gasteiger partial charge in [-0.3, -0.25) is 24.1 Å². The summed E-state index contributed by atoms with van der Waals surface area (Å²) in [4.78, 5) is 38.8. The van der Waals surface area contributed by atoms with Gasteiger partial charge in [-0.25, -0.2) is 15.3 Å². The molecule has 0 saturated carbocycles. The van der Waals surface area contributed by atoms with Gasteiger partial charge in [0.15, 0.2) is 0 Å². The van der Waals surface area contributed by atoms with Crippen molar-refractivity contribution in [2.45, 2.75) is 6.54 Å². The van der Waals surface area contributed by atoms with Gasteiger partial charge in [0.05, 0.1) is 27.5 Å². The molecule has 11 heteroatoms. The third kappa shape index (κ3) is 4.72. The molecule has 2 heterocycles. The minimum Gasteiger partial charge on any atom is -0.348 e. The zero-order valence-corrected chi connectivity index (χ0v) is 19.9. The first-order chi connectivity index (χ1) is 16.3. The molecule has 2 aromatic carbocycles. The molecule has 0 saturated heterocycles. The standard InChI is InChI=1S/C23H22Cl2N6O3/c1-26-31-8-7-15(12-28-31)11-27-21(32)16-4-6-20-17(10-16)22(33)30(23(34)29(20)2)13-14-3-5-18(24)19(25)9-14/h3-10,12,26,28H,11,13H2,1-2H3,(H,27,32). The van der Waals surface area contributed by atoms with Crippen LogP contribution < -0.4 is 27.4 Å². The molecule has 3 N–H and O–H groups in total. The summed E-state index contributed by atoms with van der Waals surface area (Å²) in [7, 11) is 3.35. The molecule has 0 bridgehead atoms. The fourth-order valence-corrected chi connectivity index (χ4v) is 3.89. The van der Waals surface area contributed by atoms with Crippen LogP contribution in [0.2, 0.25) is 10.0 Å². The molecular weight excluding hydrogens is 479 g/mol. The lowest BCUT2D eigenvalue weighted by molar-refractivity contribution is 0.0957. The number of halogens is 2. The summed E-state index contributed by atoms with van der Waals surface area (Å²) in [6.07, 6.45) is 5.40. The SMILES string of the molecule is CNN1C=CC(CNC(=O)c2ccc3c(c2)c(=O)n(Cc2ccc(Cl)c(Cl)c2)c(=O)n3C)=CN1. The molecule has 3 aromatic rings. The van der Waals surface area contributed by atoms with Gasteiger partial charge in [0, 0.05) is 38.6 Å². The molecule has 1 amide bonds. The molecule has 0 spiro atoms. The maximum Gasteiger partial charge on any atom is 0.331 e. The fourth-order valence-electron chi connectivity index (χ4n) is 3.56. The Morgan fingerprint density at radius 1 is 1.09 bits per heavy atom. The van der Waals surface area contributed by atoms with Crippen LogP contribution in [0.1, 0.15) is 15.9 Å². The number of nitrogens with one attached hydrogen (secondary N) is 3. The van der Waals surface area contributed by atoms with E-state index in [1.165, 1.54) is 10.6 Å². The van der Waals surface area contributed by atoms with E-state index >= 15 is 0 Å². The molecule has 0 fully saturated rings. The Balaban J connectivity index is 1.62. The summed E-state index contributed by atoms with van der Waals surface area (Å²) >= 11 is 12.0. The fraction of sp³-hybridized carbons (Fsp3) is 0.174. The lowest BCUT2D eigenvalue weighted by Crippen LogP contribution is -2.41. The van der Waals surface area contributed by atoms with E-state index in [1.54, 1.807) is 61.9 Å². The highest BCUT2D eigenvalue weighted by Crippen LogP contribution is 2.22. The number of fused-ring (bicyclic) bond motifs is 1. The van der Waals surface area contributed by atoms with Gasteiger partial charge in [-0.05, 0) is 47.5 Å². The van der Waals surface area contributed by atoms with Gasteiger partial charge in [0.1, 0.15) is 0 Å². The lowest BCUT2D eigenvalue weighted by Gasteiger charge is -2.22. The topological polar surface area (TPSA) is 100 Å². The van der Waals surface area contributed by atoms with Crippen molar-refractivity contribution in [1.29, 1.82) is 0 Å². The van der Waals surface area contributed by atoms with Crippen LogP contribution >= 0.6 is 23.2 Å². The predicted molar refractivity (Wildman–Crippen MR) is 133 cm³/mol. The maximum absolute atomic E-state index is 13.2. The van der Waals surface area contributed by atoms with Crippen LogP contribution in [0.15, 0.2) is 70.0 Å². The monoisotopic (exact) mass is 500 g/mol. The van der Waals surface area contributed by atoms with Crippen molar-refractivity contribution in [2.24, 2.45) is 7.05 Å². The van der Waals surface area contributed by atoms with Crippen LogP contribution in [0.4, 0.5) is 0 Å². The number of aromatic nitrogens is 2. The Bertz CT molecular complexity index is 1460. The first kappa shape index (κ1) is 23.6. The number of carbonyl (C=O) groups is 1. The Kier molecular flexibility index (Phi) is 6.78. The normalized spacial score (nSPS) is 13.1. The van der Waals surface area contributed by atoms with Crippen molar-refractivity contribution >= 4 is 40.0 Å². The van der Waals surface area contributed by atoms with E-state index in [4.69, 9.17) is 23.2 Å². The van der Waals surface area contributed by atoms with Crippen LogP contribution in [0.3, 0.4) is 0 Å². The second-order valence-electron chi connectivity index (χ2n) is 7.65. The molecule has 4 rings (SSSR count). The van der Waals surface area contributed by atoms with Gasteiger partial charge in [-0.1, -0.05) is 29.3 Å². The largest absolute Gasteiger partial charge is 0.348 e. The summed E-state index contributed by atoms with van der Waals surface area (Å²) in [5, 5.41) is 5.47. The zero-order chi connectivity index (χ0) is 24.4. The van der Waals surface area contributed by atoms with Crippen LogP contribution in [0.25, 0.3) is 10.9 Å². The van der Waals surface area contributed by atoms with Gasteiger partial charge in [-0.15, -0.1) is 0 Å². The quantitative estimate of drug-likeness (QED) is 0.479. The summed E-state index contributed by atoms with van der Waals surface area (Å²) in [6, 6.07) is 9.62. The minimum absolute atomic E-state index is 0.0197. The zero-order valence-electron chi connectivity index (χ0n) is 18.4. The van der Waals surface area contributed by atoms with E-state index in [2.05, 4.69) is 16.2 Å². The number of rotatable bonds is 6. The van der Waals surface area contributed by atoms with Crippen molar-refractivity contribution in [3.05, 3.63) is 102 Å². The summed E-state index contributed by atoms with van der Waals surface area (Å²) < 4.78 is 2.49. The number of aryl methyl sites for hydroxylation is 1. The first-order valence-electron chi connectivity index (χ1n) is 10.3. The Morgan fingerprint density at radius 3 is 2.56 bits per heavy atom. The number of hydrogen-bond donors (Lipinski definition) is 3. The Morgan fingerprint density at radius 2 is 1.88 bits per heavy atom. The molecule has 0 atom stereocenters. The van der Waals surface area contributed by atoms with Gasteiger partial charge < -0.3 is 5.32 Å². The van der Waals surface area contributed by atoms with E-state index in [9.17, 15) is 14.4 Å². The molecule has 176 valence electrons. The molecule has 0 unspecified atom stereocenters. The molecule has 0 radical (unpaired) electrons. The highest BCUT2D eigenvalue weighted by Gasteiger charge is 2.15. The molecule has 1 aromatic heterocycles. The number of hydrazine groups is 2. The van der Waals surface area contributed by atoms with E-state index < -0.39 is 11.2 Å². The number of hydrogen-bond acceptors (Lipinski definition) is 6. The van der Waals surface area contributed by atoms with E-state index in [1.807, 2.05) is 6.08 Å². The second kappa shape index (κ2) is 9.76. The van der Waals surface area contributed by atoms with Crippen molar-refractivity contribution in [3.63, 3.8) is 0 Å². The molecule has 9 nitrogen and oxygen atoms in total. The minimum atomic E-state index is -0.492. The van der Waals surface area contributed by atoms with Crippen molar-refractivity contribution in [2.75, 3.05) is 13.6 Å². The van der Waals surface area contributed by atoms with Crippen molar-refractivity contribution in [1.82, 2.24) is 30.4 Å². The summed E-state index contributed by atoms with van der Waals surface area (Å²) in [5.41, 5.74) is 7.20. The predicted octanol–water partition coefficient (Wildman–Crippen LogP) is 2.14. The average Bonchev–Trinajstić information content (AvgIpc) is 2.85. The first-order valence-corrected chi connectivity index (χ1v) is 11.1. The Hall–Kier alpha value is -3.53. The summed E-state index contributed by atoms with van der Waals surface area (Å²) in [6.45, 7) is 0.318. The highest BCUT2D eigenvalue weighted by molar-refractivity contribution is 6.42. The van der Waals surface area contributed by atoms with Crippen LogP contribution in [-0.2, 0) is 13.6 Å². The van der Waals surface area contributed by atoms with Crippen LogP contribution in [0.5, 0.6) is 0 Å². The molecule has 0 aliphatic carbocycles. The molecule has 1 aliphatic rings. The summed E-state index contributed by atoms with van der Waals surface area (Å²) in [5.74, 6) is -0.337. The van der Waals surface area contributed by atoms with Gasteiger partial charge in [-0.2, -0.15) is 0 Å². The smallest absolute Gasteiger partial charge is 0.331 e. The van der Waals surface area contributed by atoms with E-state index in [0.29, 0.717) is 33.2 Å².